The zero-order valence-electron chi connectivity index (χ0n) is 14.3. The molecule has 128 valence electrons. The molecule has 1 atom stereocenters. The molecule has 6 nitrogen and oxygen atoms in total. The predicted octanol–water partition coefficient (Wildman–Crippen LogP) is 2.80. The minimum atomic E-state index is -0.0794. The first kappa shape index (κ1) is 16.9. The smallest absolute Gasteiger partial charge is 0.223 e. The van der Waals surface area contributed by atoms with E-state index in [2.05, 4.69) is 37.6 Å². The van der Waals surface area contributed by atoms with Gasteiger partial charge in [-0.1, -0.05) is 0 Å². The van der Waals surface area contributed by atoms with Crippen molar-refractivity contribution in [3.8, 4) is 0 Å². The first-order chi connectivity index (χ1) is 11.5. The minimum absolute atomic E-state index is 0.0794. The lowest BCUT2D eigenvalue weighted by molar-refractivity contribution is -0.114. The number of likely N-dealkylation sites (tertiary alicyclic amines) is 1. The van der Waals surface area contributed by atoms with Crippen LogP contribution in [0.5, 0.6) is 0 Å². The number of nitrogens with one attached hydrogen (secondary N) is 2. The Labute approximate surface area is 146 Å². The van der Waals surface area contributed by atoms with E-state index in [1.165, 1.54) is 11.8 Å². The maximum Gasteiger partial charge on any atom is 0.223 e. The molecule has 1 aliphatic rings. The van der Waals surface area contributed by atoms with Crippen molar-refractivity contribution in [1.29, 1.82) is 0 Å². The first-order valence-electron chi connectivity index (χ1n) is 8.14. The fraction of sp³-hybridized carbons (Fsp3) is 0.471. The number of hydrogen-bond acceptors (Lipinski definition) is 6. The first-order valence-corrected chi connectivity index (χ1v) is 8.96. The van der Waals surface area contributed by atoms with Gasteiger partial charge in [-0.05, 0) is 32.4 Å². The van der Waals surface area contributed by atoms with Crippen LogP contribution >= 0.6 is 11.3 Å². The van der Waals surface area contributed by atoms with Crippen LogP contribution in [0.2, 0.25) is 0 Å². The summed E-state index contributed by atoms with van der Waals surface area (Å²) in [4.78, 5) is 23.3. The van der Waals surface area contributed by atoms with E-state index in [1.807, 2.05) is 20.0 Å². The molecule has 0 aliphatic carbocycles. The van der Waals surface area contributed by atoms with Gasteiger partial charge in [-0.3, -0.25) is 14.7 Å². The van der Waals surface area contributed by atoms with Crippen LogP contribution in [0.15, 0.2) is 18.3 Å². The molecule has 1 aliphatic heterocycles. The summed E-state index contributed by atoms with van der Waals surface area (Å²) in [6.45, 7) is 8.50. The number of amides is 1. The lowest BCUT2D eigenvalue weighted by Gasteiger charge is -2.17. The fourth-order valence-electron chi connectivity index (χ4n) is 3.06. The number of pyridine rings is 1. The van der Waals surface area contributed by atoms with Gasteiger partial charge in [0.25, 0.3) is 0 Å². The van der Waals surface area contributed by atoms with Crippen LogP contribution < -0.4 is 10.6 Å². The molecule has 1 amide bonds. The Morgan fingerprint density at radius 1 is 1.38 bits per heavy atom. The number of rotatable bonds is 5. The zero-order valence-corrected chi connectivity index (χ0v) is 15.1. The monoisotopic (exact) mass is 345 g/mol. The topological polar surface area (TPSA) is 70.2 Å². The Kier molecular flexibility index (Phi) is 5.11. The van der Waals surface area contributed by atoms with Crippen LogP contribution in [-0.4, -0.2) is 39.9 Å². The molecule has 0 aromatic carbocycles. The molecule has 0 unspecified atom stereocenters. The average molecular weight is 345 g/mol. The second-order valence-corrected chi connectivity index (χ2v) is 7.43. The van der Waals surface area contributed by atoms with E-state index in [-0.39, 0.29) is 5.91 Å². The lowest BCUT2D eigenvalue weighted by atomic mass is 10.2. The standard InChI is InChI=1S/C17H23N5OS/c1-11-6-15(7-12(2)19-11)21-14-4-5-22(9-14)10-16-8-18-17(24-16)20-13(3)23/h6-8,14H,4-5,9-10H2,1-3H3,(H,19,21)(H,18,20,23)/t14-/m0/s1. The molecule has 1 fully saturated rings. The summed E-state index contributed by atoms with van der Waals surface area (Å²) in [6, 6.07) is 4.64. The quantitative estimate of drug-likeness (QED) is 0.872. The van der Waals surface area contributed by atoms with E-state index in [0.717, 1.165) is 43.1 Å². The number of hydrogen-bond donors (Lipinski definition) is 2. The number of aryl methyl sites for hydroxylation is 2. The second-order valence-electron chi connectivity index (χ2n) is 6.32. The van der Waals surface area contributed by atoms with Gasteiger partial charge in [0, 0.05) is 60.7 Å². The van der Waals surface area contributed by atoms with Gasteiger partial charge >= 0.3 is 0 Å². The van der Waals surface area contributed by atoms with Gasteiger partial charge in [-0.2, -0.15) is 0 Å². The van der Waals surface area contributed by atoms with Gasteiger partial charge in [-0.15, -0.1) is 11.3 Å². The molecule has 2 aromatic heterocycles. The molecule has 0 bridgehead atoms. The molecular formula is C17H23N5OS. The molecule has 0 spiro atoms. The van der Waals surface area contributed by atoms with Crippen molar-refractivity contribution in [2.24, 2.45) is 0 Å². The summed E-state index contributed by atoms with van der Waals surface area (Å²) >= 11 is 1.54. The Hall–Kier alpha value is -1.99. The van der Waals surface area contributed by atoms with Gasteiger partial charge in [0.2, 0.25) is 5.91 Å². The highest BCUT2D eigenvalue weighted by Crippen LogP contribution is 2.23. The average Bonchev–Trinajstić information content (AvgIpc) is 3.07. The highest BCUT2D eigenvalue weighted by atomic mass is 32.1. The lowest BCUT2D eigenvalue weighted by Crippen LogP contribution is -2.25. The Morgan fingerprint density at radius 2 is 2.12 bits per heavy atom. The fourth-order valence-corrected chi connectivity index (χ4v) is 3.96. The van der Waals surface area contributed by atoms with Crippen molar-refractivity contribution in [3.05, 3.63) is 34.6 Å². The maximum atomic E-state index is 11.1. The summed E-state index contributed by atoms with van der Waals surface area (Å²) in [6.07, 6.45) is 2.98. The summed E-state index contributed by atoms with van der Waals surface area (Å²) in [5, 5.41) is 7.03. The number of carbonyl (C=O) groups is 1. The summed E-state index contributed by atoms with van der Waals surface area (Å²) < 4.78 is 0. The molecule has 24 heavy (non-hydrogen) atoms. The largest absolute Gasteiger partial charge is 0.381 e. The third-order valence-electron chi connectivity index (χ3n) is 3.94. The second kappa shape index (κ2) is 7.27. The number of anilines is 2. The number of thiazole rings is 1. The molecule has 7 heteroatoms. The van der Waals surface area contributed by atoms with Gasteiger partial charge in [0.15, 0.2) is 5.13 Å². The molecule has 2 N–H and O–H groups in total. The van der Waals surface area contributed by atoms with E-state index >= 15 is 0 Å². The third-order valence-corrected chi connectivity index (χ3v) is 4.84. The van der Waals surface area contributed by atoms with Crippen LogP contribution in [0.4, 0.5) is 10.8 Å². The van der Waals surface area contributed by atoms with Crippen molar-refractivity contribution in [2.45, 2.75) is 39.8 Å². The molecule has 3 rings (SSSR count). The van der Waals surface area contributed by atoms with Crippen LogP contribution in [0, 0.1) is 13.8 Å². The number of nitrogens with zero attached hydrogens (tertiary/aromatic N) is 3. The maximum absolute atomic E-state index is 11.1. The van der Waals surface area contributed by atoms with Crippen molar-refractivity contribution < 1.29 is 4.79 Å². The minimum Gasteiger partial charge on any atom is -0.381 e. The van der Waals surface area contributed by atoms with Crippen molar-refractivity contribution >= 4 is 28.1 Å². The van der Waals surface area contributed by atoms with Gasteiger partial charge in [0.05, 0.1) is 0 Å². The number of carbonyl (C=O) groups excluding carboxylic acids is 1. The van der Waals surface area contributed by atoms with Crippen LogP contribution in [0.3, 0.4) is 0 Å². The van der Waals surface area contributed by atoms with Crippen molar-refractivity contribution in [1.82, 2.24) is 14.9 Å². The summed E-state index contributed by atoms with van der Waals surface area (Å²) in [5.41, 5.74) is 3.24. The highest BCUT2D eigenvalue weighted by molar-refractivity contribution is 7.15. The normalized spacial score (nSPS) is 17.9. The van der Waals surface area contributed by atoms with Crippen molar-refractivity contribution in [2.75, 3.05) is 23.7 Å². The Balaban J connectivity index is 1.53. The van der Waals surface area contributed by atoms with Crippen LogP contribution in [0.25, 0.3) is 0 Å². The zero-order chi connectivity index (χ0) is 17.1. The van der Waals surface area contributed by atoms with Crippen LogP contribution in [0.1, 0.15) is 29.6 Å². The van der Waals surface area contributed by atoms with Gasteiger partial charge in [-0.25, -0.2) is 4.98 Å². The number of aromatic nitrogens is 2. The van der Waals surface area contributed by atoms with Gasteiger partial charge < -0.3 is 10.6 Å². The molecule has 0 saturated carbocycles. The Morgan fingerprint density at radius 3 is 2.83 bits per heavy atom. The predicted molar refractivity (Wildman–Crippen MR) is 97.4 cm³/mol. The molecule has 3 heterocycles. The molecule has 2 aromatic rings. The summed E-state index contributed by atoms with van der Waals surface area (Å²) in [7, 11) is 0. The molecular weight excluding hydrogens is 322 g/mol. The van der Waals surface area contributed by atoms with Gasteiger partial charge in [0.1, 0.15) is 0 Å². The van der Waals surface area contributed by atoms with E-state index < -0.39 is 0 Å². The van der Waals surface area contributed by atoms with E-state index in [1.54, 1.807) is 11.3 Å². The molecule has 1 saturated heterocycles. The third kappa shape index (κ3) is 4.52. The van der Waals surface area contributed by atoms with E-state index in [0.29, 0.717) is 11.2 Å². The SMILES string of the molecule is CC(=O)Nc1ncc(CN2CC[C@H](Nc3cc(C)nc(C)c3)C2)s1. The highest BCUT2D eigenvalue weighted by Gasteiger charge is 2.23. The van der Waals surface area contributed by atoms with E-state index in [4.69, 9.17) is 0 Å². The Bertz CT molecular complexity index is 709. The van der Waals surface area contributed by atoms with Crippen LogP contribution in [-0.2, 0) is 11.3 Å². The summed E-state index contributed by atoms with van der Waals surface area (Å²) in [5.74, 6) is -0.0794. The van der Waals surface area contributed by atoms with Crippen molar-refractivity contribution in [3.63, 3.8) is 0 Å². The van der Waals surface area contributed by atoms with E-state index in [9.17, 15) is 4.79 Å². The molecule has 0 radical (unpaired) electrons.